The van der Waals surface area contributed by atoms with E-state index in [1.165, 1.54) is 31.2 Å². The van der Waals surface area contributed by atoms with Gasteiger partial charge in [-0.2, -0.15) is 0 Å². The molecule has 0 atom stereocenters. The van der Waals surface area contributed by atoms with Gasteiger partial charge in [0.15, 0.2) is 5.78 Å². The summed E-state index contributed by atoms with van der Waals surface area (Å²) >= 11 is 0. The van der Waals surface area contributed by atoms with E-state index < -0.39 is 5.91 Å². The molecule has 0 aliphatic heterocycles. The highest BCUT2D eigenvalue weighted by atomic mass is 16.3. The van der Waals surface area contributed by atoms with Gasteiger partial charge in [-0.15, -0.1) is 0 Å². The van der Waals surface area contributed by atoms with Crippen molar-refractivity contribution in [1.82, 2.24) is 0 Å². The van der Waals surface area contributed by atoms with Gasteiger partial charge < -0.3 is 15.5 Å². The zero-order chi connectivity index (χ0) is 14.7. The van der Waals surface area contributed by atoms with Gasteiger partial charge in [-0.25, -0.2) is 0 Å². The number of carbonyl (C=O) groups excluding carboxylic acids is 2. The van der Waals surface area contributed by atoms with Crippen LogP contribution in [-0.2, 0) is 0 Å². The molecule has 0 heterocycles. The number of amides is 1. The number of phenols is 2. The lowest BCUT2D eigenvalue weighted by molar-refractivity contribution is 0.100. The Kier molecular flexibility index (Phi) is 3.70. The van der Waals surface area contributed by atoms with Gasteiger partial charge in [0, 0.05) is 11.3 Å². The van der Waals surface area contributed by atoms with Crippen LogP contribution in [0.4, 0.5) is 5.69 Å². The summed E-state index contributed by atoms with van der Waals surface area (Å²) < 4.78 is 0. The van der Waals surface area contributed by atoms with Crippen molar-refractivity contribution in [2.45, 2.75) is 6.92 Å². The summed E-state index contributed by atoms with van der Waals surface area (Å²) in [6.45, 7) is 1.43. The second-order valence-electron chi connectivity index (χ2n) is 4.26. The molecule has 0 fully saturated rings. The highest BCUT2D eigenvalue weighted by Gasteiger charge is 2.16. The zero-order valence-electron chi connectivity index (χ0n) is 10.8. The summed E-state index contributed by atoms with van der Waals surface area (Å²) in [5.41, 5.74) is 0.662. The minimum absolute atomic E-state index is 0.119. The Hall–Kier alpha value is -2.82. The number of rotatable bonds is 3. The minimum atomic E-state index is -0.652. The summed E-state index contributed by atoms with van der Waals surface area (Å²) in [6, 6.07) is 10.4. The van der Waals surface area contributed by atoms with E-state index in [4.69, 9.17) is 0 Å². The van der Waals surface area contributed by atoms with E-state index in [-0.39, 0.29) is 22.8 Å². The Bertz CT molecular complexity index is 659. The Morgan fingerprint density at radius 3 is 2.20 bits per heavy atom. The van der Waals surface area contributed by atoms with Crippen LogP contribution < -0.4 is 5.32 Å². The van der Waals surface area contributed by atoms with Crippen LogP contribution in [0, 0.1) is 0 Å². The molecule has 0 bridgehead atoms. The SMILES string of the molecule is CC(=O)c1cccc(NC(=O)c2c(O)cccc2O)c1. The first kappa shape index (κ1) is 13.6. The number of hydrogen-bond acceptors (Lipinski definition) is 4. The molecule has 2 rings (SSSR count). The molecule has 0 aliphatic rings. The molecule has 2 aromatic carbocycles. The predicted octanol–water partition coefficient (Wildman–Crippen LogP) is 2.55. The Morgan fingerprint density at radius 2 is 1.60 bits per heavy atom. The molecule has 3 N–H and O–H groups in total. The standard InChI is InChI=1S/C15H13NO4/c1-9(17)10-4-2-5-11(8-10)16-15(20)14-12(18)6-3-7-13(14)19/h2-8,18-19H,1H3,(H,16,20). The van der Waals surface area contributed by atoms with Crippen molar-refractivity contribution in [2.75, 3.05) is 5.32 Å². The van der Waals surface area contributed by atoms with Crippen LogP contribution in [-0.4, -0.2) is 21.9 Å². The summed E-state index contributed by atoms with van der Waals surface area (Å²) in [7, 11) is 0. The lowest BCUT2D eigenvalue weighted by atomic mass is 10.1. The van der Waals surface area contributed by atoms with E-state index in [2.05, 4.69) is 5.32 Å². The molecule has 0 aliphatic carbocycles. The van der Waals surface area contributed by atoms with E-state index in [1.54, 1.807) is 18.2 Å². The predicted molar refractivity (Wildman–Crippen MR) is 74.2 cm³/mol. The van der Waals surface area contributed by atoms with Gasteiger partial charge in [0.05, 0.1) is 0 Å². The number of hydrogen-bond donors (Lipinski definition) is 3. The van der Waals surface area contributed by atoms with Gasteiger partial charge in [-0.3, -0.25) is 9.59 Å². The molecule has 0 spiro atoms. The number of benzene rings is 2. The molecule has 0 aromatic heterocycles. The van der Waals surface area contributed by atoms with Crippen molar-refractivity contribution >= 4 is 17.4 Å². The maximum atomic E-state index is 12.0. The van der Waals surface area contributed by atoms with Crippen molar-refractivity contribution < 1.29 is 19.8 Å². The van der Waals surface area contributed by atoms with Crippen molar-refractivity contribution in [3.8, 4) is 11.5 Å². The fraction of sp³-hybridized carbons (Fsp3) is 0.0667. The number of nitrogens with one attached hydrogen (secondary N) is 1. The van der Waals surface area contributed by atoms with Gasteiger partial charge in [0.1, 0.15) is 17.1 Å². The third-order valence-electron chi connectivity index (χ3n) is 2.77. The monoisotopic (exact) mass is 271 g/mol. The van der Waals surface area contributed by atoms with E-state index in [1.807, 2.05) is 0 Å². The van der Waals surface area contributed by atoms with Crippen LogP contribution in [0.15, 0.2) is 42.5 Å². The Balaban J connectivity index is 2.28. The highest BCUT2D eigenvalue weighted by Crippen LogP contribution is 2.27. The van der Waals surface area contributed by atoms with Crippen LogP contribution in [0.2, 0.25) is 0 Å². The third kappa shape index (κ3) is 2.77. The molecule has 102 valence electrons. The number of carbonyl (C=O) groups is 2. The Labute approximate surface area is 115 Å². The molecule has 2 aromatic rings. The summed E-state index contributed by atoms with van der Waals surface area (Å²) in [6.07, 6.45) is 0. The van der Waals surface area contributed by atoms with Crippen molar-refractivity contribution in [3.63, 3.8) is 0 Å². The van der Waals surface area contributed by atoms with Crippen LogP contribution in [0.25, 0.3) is 0 Å². The second-order valence-corrected chi connectivity index (χ2v) is 4.26. The summed E-state index contributed by atoms with van der Waals surface area (Å²) in [4.78, 5) is 23.3. The minimum Gasteiger partial charge on any atom is -0.507 e. The quantitative estimate of drug-likeness (QED) is 0.749. The molecule has 5 nitrogen and oxygen atoms in total. The molecular weight excluding hydrogens is 258 g/mol. The van der Waals surface area contributed by atoms with E-state index in [0.717, 1.165) is 0 Å². The first-order valence-corrected chi connectivity index (χ1v) is 5.92. The van der Waals surface area contributed by atoms with E-state index >= 15 is 0 Å². The third-order valence-corrected chi connectivity index (χ3v) is 2.77. The average Bonchev–Trinajstić information content (AvgIpc) is 2.38. The molecule has 0 unspecified atom stereocenters. The number of anilines is 1. The maximum Gasteiger partial charge on any atom is 0.263 e. The Morgan fingerprint density at radius 1 is 1.00 bits per heavy atom. The molecule has 0 saturated carbocycles. The lowest BCUT2D eigenvalue weighted by Gasteiger charge is -2.09. The fourth-order valence-corrected chi connectivity index (χ4v) is 1.77. The normalized spacial score (nSPS) is 10.1. The smallest absolute Gasteiger partial charge is 0.263 e. The molecular formula is C15H13NO4. The van der Waals surface area contributed by atoms with Gasteiger partial charge in [-0.1, -0.05) is 18.2 Å². The molecule has 0 saturated heterocycles. The number of phenolic OH excluding ortho intramolecular Hbond substituents is 2. The lowest BCUT2D eigenvalue weighted by Crippen LogP contribution is -2.12. The van der Waals surface area contributed by atoms with Crippen LogP contribution in [0.3, 0.4) is 0 Å². The van der Waals surface area contributed by atoms with Crippen LogP contribution in [0.5, 0.6) is 11.5 Å². The average molecular weight is 271 g/mol. The van der Waals surface area contributed by atoms with Gasteiger partial charge in [-0.05, 0) is 31.2 Å². The largest absolute Gasteiger partial charge is 0.507 e. The maximum absolute atomic E-state index is 12.0. The van der Waals surface area contributed by atoms with Crippen molar-refractivity contribution in [1.29, 1.82) is 0 Å². The topological polar surface area (TPSA) is 86.6 Å². The highest BCUT2D eigenvalue weighted by molar-refractivity contribution is 6.08. The van der Waals surface area contributed by atoms with Gasteiger partial charge in [0.2, 0.25) is 0 Å². The molecule has 20 heavy (non-hydrogen) atoms. The van der Waals surface area contributed by atoms with Crippen LogP contribution in [0.1, 0.15) is 27.6 Å². The number of aromatic hydroxyl groups is 2. The van der Waals surface area contributed by atoms with Crippen molar-refractivity contribution in [3.05, 3.63) is 53.6 Å². The zero-order valence-corrected chi connectivity index (χ0v) is 10.8. The number of ketones is 1. The molecule has 1 amide bonds. The fourth-order valence-electron chi connectivity index (χ4n) is 1.77. The molecule has 5 heteroatoms. The van der Waals surface area contributed by atoms with Crippen molar-refractivity contribution in [2.24, 2.45) is 0 Å². The van der Waals surface area contributed by atoms with Gasteiger partial charge in [0.25, 0.3) is 5.91 Å². The number of Topliss-reactive ketones (excluding diaryl/α,β-unsaturated/α-hetero) is 1. The summed E-state index contributed by atoms with van der Waals surface area (Å²) in [5.74, 6) is -1.40. The van der Waals surface area contributed by atoms with Gasteiger partial charge >= 0.3 is 0 Å². The van der Waals surface area contributed by atoms with E-state index in [9.17, 15) is 19.8 Å². The van der Waals surface area contributed by atoms with Crippen LogP contribution >= 0.6 is 0 Å². The second kappa shape index (κ2) is 5.44. The first-order chi connectivity index (χ1) is 9.49. The van der Waals surface area contributed by atoms with E-state index in [0.29, 0.717) is 11.3 Å². The first-order valence-electron chi connectivity index (χ1n) is 5.92. The summed E-state index contributed by atoms with van der Waals surface area (Å²) in [5, 5.41) is 21.7. The molecule has 0 radical (unpaired) electrons.